The van der Waals surface area contributed by atoms with E-state index in [4.69, 9.17) is 11.6 Å². The molecule has 21 heavy (non-hydrogen) atoms. The molecule has 10 heteroatoms. The molecule has 2 N–H and O–H groups in total. The highest BCUT2D eigenvalue weighted by atomic mass is 35.5. The van der Waals surface area contributed by atoms with Crippen LogP contribution in [0.4, 0.5) is 23.7 Å². The number of nitrogens with one attached hydrogen (secondary N) is 2. The van der Waals surface area contributed by atoms with Crippen LogP contribution in [0.1, 0.15) is 19.4 Å². The molecule has 0 radical (unpaired) electrons. The van der Waals surface area contributed by atoms with Crippen molar-refractivity contribution in [1.82, 2.24) is 4.72 Å². The summed E-state index contributed by atoms with van der Waals surface area (Å²) in [5, 5.41) is 0.618. The predicted octanol–water partition coefficient (Wildman–Crippen LogP) is 3.22. The number of halogens is 4. The zero-order valence-corrected chi connectivity index (χ0v) is 12.5. The molecule has 0 aliphatic carbocycles. The summed E-state index contributed by atoms with van der Waals surface area (Å²) in [6, 6.07) is 1.54. The highest BCUT2D eigenvalue weighted by Crippen LogP contribution is 2.36. The maximum atomic E-state index is 12.6. The highest BCUT2D eigenvalue weighted by molar-refractivity contribution is 7.90. The molecule has 1 aromatic rings. The van der Waals surface area contributed by atoms with E-state index < -0.39 is 38.1 Å². The highest BCUT2D eigenvalue weighted by Gasteiger charge is 2.33. The fraction of sp³-hybridized carbons (Fsp3) is 0.364. The van der Waals surface area contributed by atoms with E-state index in [1.807, 2.05) is 5.32 Å². The third kappa shape index (κ3) is 4.78. The lowest BCUT2D eigenvalue weighted by atomic mass is 10.2. The number of amides is 2. The van der Waals surface area contributed by atoms with Crippen LogP contribution < -0.4 is 10.0 Å². The lowest BCUT2D eigenvalue weighted by Gasteiger charge is -2.13. The third-order valence-corrected chi connectivity index (χ3v) is 4.43. The first-order valence-electron chi connectivity index (χ1n) is 5.63. The van der Waals surface area contributed by atoms with Gasteiger partial charge in [-0.25, -0.2) is 17.9 Å². The van der Waals surface area contributed by atoms with E-state index in [1.54, 1.807) is 4.72 Å². The molecule has 0 aliphatic rings. The molecule has 0 heterocycles. The number of sulfonamides is 1. The van der Waals surface area contributed by atoms with Crippen LogP contribution in [0.25, 0.3) is 0 Å². The van der Waals surface area contributed by atoms with Crippen LogP contribution in [0, 0.1) is 0 Å². The average Bonchev–Trinajstić information content (AvgIpc) is 2.29. The summed E-state index contributed by atoms with van der Waals surface area (Å²) in [7, 11) is -3.87. The maximum Gasteiger partial charge on any atom is 0.417 e. The van der Waals surface area contributed by atoms with Crippen molar-refractivity contribution in [2.45, 2.75) is 25.3 Å². The fourth-order valence-electron chi connectivity index (χ4n) is 1.22. The average molecular weight is 345 g/mol. The molecule has 0 saturated carbocycles. The largest absolute Gasteiger partial charge is 0.417 e. The van der Waals surface area contributed by atoms with Crippen LogP contribution in [0.15, 0.2) is 18.2 Å². The van der Waals surface area contributed by atoms with E-state index in [2.05, 4.69) is 0 Å². The lowest BCUT2D eigenvalue weighted by molar-refractivity contribution is -0.137. The molecule has 1 rings (SSSR count). The molecular formula is C11H12ClF3N2O3S. The number of rotatable bonds is 3. The molecule has 0 aromatic heterocycles. The van der Waals surface area contributed by atoms with Gasteiger partial charge in [0.25, 0.3) is 0 Å². The molecule has 1 aromatic carbocycles. The van der Waals surface area contributed by atoms with Crippen molar-refractivity contribution in [3.05, 3.63) is 28.8 Å². The molecule has 0 atom stereocenters. The Bertz CT molecular complexity index is 645. The summed E-state index contributed by atoms with van der Waals surface area (Å²) in [5.41, 5.74) is -1.36. The van der Waals surface area contributed by atoms with Crippen molar-refractivity contribution in [3.8, 4) is 0 Å². The summed E-state index contributed by atoms with van der Waals surface area (Å²) in [5.74, 6) is 0. The van der Waals surface area contributed by atoms with Crippen LogP contribution in [0.2, 0.25) is 5.02 Å². The molecule has 0 spiro atoms. The van der Waals surface area contributed by atoms with Gasteiger partial charge in [0, 0.05) is 5.69 Å². The van der Waals surface area contributed by atoms with E-state index >= 15 is 0 Å². The van der Waals surface area contributed by atoms with Crippen molar-refractivity contribution in [2.75, 3.05) is 5.32 Å². The Morgan fingerprint density at radius 2 is 1.86 bits per heavy atom. The van der Waals surface area contributed by atoms with Gasteiger partial charge in [0.1, 0.15) is 0 Å². The monoisotopic (exact) mass is 344 g/mol. The maximum absolute atomic E-state index is 12.6. The number of alkyl halides is 3. The van der Waals surface area contributed by atoms with Gasteiger partial charge in [-0.15, -0.1) is 0 Å². The SMILES string of the molecule is CC(C)S(=O)(=O)NC(=O)Nc1ccc(Cl)c(C(F)(F)F)c1. The first-order valence-corrected chi connectivity index (χ1v) is 7.55. The van der Waals surface area contributed by atoms with Crippen LogP contribution in [-0.2, 0) is 16.2 Å². The standard InChI is InChI=1S/C11H12ClF3N2O3S/c1-6(2)21(19,20)17-10(18)16-7-3-4-9(12)8(5-7)11(13,14)15/h3-6H,1-2H3,(H2,16,17,18). The molecule has 0 bridgehead atoms. The zero-order valence-electron chi connectivity index (χ0n) is 11.0. The second-order valence-corrected chi connectivity index (χ2v) is 6.99. The molecule has 5 nitrogen and oxygen atoms in total. The number of urea groups is 1. The summed E-state index contributed by atoms with van der Waals surface area (Å²) >= 11 is 5.42. The molecule has 2 amide bonds. The van der Waals surface area contributed by atoms with Gasteiger partial charge in [-0.05, 0) is 32.0 Å². The Hall–Kier alpha value is -1.48. The van der Waals surface area contributed by atoms with Crippen molar-refractivity contribution in [2.24, 2.45) is 0 Å². The Morgan fingerprint density at radius 1 is 1.29 bits per heavy atom. The number of carbonyl (C=O) groups is 1. The van der Waals surface area contributed by atoms with Crippen LogP contribution in [0.5, 0.6) is 0 Å². The van der Waals surface area contributed by atoms with E-state index in [9.17, 15) is 26.4 Å². The van der Waals surface area contributed by atoms with Crippen molar-refractivity contribution >= 4 is 33.3 Å². The quantitative estimate of drug-likeness (QED) is 0.884. The van der Waals surface area contributed by atoms with Gasteiger partial charge >= 0.3 is 12.2 Å². The predicted molar refractivity (Wildman–Crippen MR) is 72.7 cm³/mol. The second kappa shape index (κ2) is 6.10. The second-order valence-electron chi connectivity index (χ2n) is 4.34. The number of hydrogen-bond donors (Lipinski definition) is 2. The normalized spacial score (nSPS) is 12.3. The Balaban J connectivity index is 2.93. The molecule has 118 valence electrons. The third-order valence-electron chi connectivity index (χ3n) is 2.39. The van der Waals surface area contributed by atoms with Crippen LogP contribution in [-0.4, -0.2) is 19.7 Å². The van der Waals surface area contributed by atoms with Crippen molar-refractivity contribution in [1.29, 1.82) is 0 Å². The van der Waals surface area contributed by atoms with Gasteiger partial charge < -0.3 is 5.32 Å². The molecule has 0 aliphatic heterocycles. The minimum absolute atomic E-state index is 0.233. The Kier molecular flexibility index (Phi) is 5.11. The fourth-order valence-corrected chi connectivity index (χ4v) is 1.99. The van der Waals surface area contributed by atoms with E-state index in [1.165, 1.54) is 13.8 Å². The molecule has 0 saturated heterocycles. The lowest BCUT2D eigenvalue weighted by Crippen LogP contribution is -2.38. The Labute approximate surface area is 124 Å². The van der Waals surface area contributed by atoms with Gasteiger partial charge in [0.05, 0.1) is 15.8 Å². The minimum atomic E-state index is -4.69. The van der Waals surface area contributed by atoms with Gasteiger partial charge in [0.2, 0.25) is 10.0 Å². The summed E-state index contributed by atoms with van der Waals surface area (Å²) < 4.78 is 62.5. The first kappa shape index (κ1) is 17.6. The van der Waals surface area contributed by atoms with E-state index in [-0.39, 0.29) is 5.69 Å². The van der Waals surface area contributed by atoms with E-state index in [0.29, 0.717) is 6.07 Å². The summed E-state index contributed by atoms with van der Waals surface area (Å²) in [6.07, 6.45) is -4.69. The summed E-state index contributed by atoms with van der Waals surface area (Å²) in [4.78, 5) is 11.5. The van der Waals surface area contributed by atoms with Gasteiger partial charge in [-0.3, -0.25) is 0 Å². The number of hydrogen-bond acceptors (Lipinski definition) is 3. The van der Waals surface area contributed by atoms with E-state index in [0.717, 1.165) is 12.1 Å². The first-order chi connectivity index (χ1) is 9.43. The summed E-state index contributed by atoms with van der Waals surface area (Å²) in [6.45, 7) is 2.69. The number of carbonyl (C=O) groups excluding carboxylic acids is 1. The van der Waals surface area contributed by atoms with Crippen molar-refractivity contribution < 1.29 is 26.4 Å². The van der Waals surface area contributed by atoms with Crippen LogP contribution >= 0.6 is 11.6 Å². The smallest absolute Gasteiger partial charge is 0.307 e. The molecular weight excluding hydrogens is 333 g/mol. The molecule has 0 unspecified atom stereocenters. The van der Waals surface area contributed by atoms with Gasteiger partial charge in [-0.2, -0.15) is 13.2 Å². The minimum Gasteiger partial charge on any atom is -0.307 e. The van der Waals surface area contributed by atoms with Crippen molar-refractivity contribution in [3.63, 3.8) is 0 Å². The van der Waals surface area contributed by atoms with Crippen LogP contribution in [0.3, 0.4) is 0 Å². The van der Waals surface area contributed by atoms with Gasteiger partial charge in [0.15, 0.2) is 0 Å². The number of benzene rings is 1. The van der Waals surface area contributed by atoms with Gasteiger partial charge in [-0.1, -0.05) is 11.6 Å². The molecule has 0 fully saturated rings. The topological polar surface area (TPSA) is 75.3 Å². The number of anilines is 1. The zero-order chi connectivity index (χ0) is 16.4. The Morgan fingerprint density at radius 3 is 2.33 bits per heavy atom.